The van der Waals surface area contributed by atoms with Crippen molar-refractivity contribution in [2.24, 2.45) is 5.73 Å². The summed E-state index contributed by atoms with van der Waals surface area (Å²) in [5.74, 6) is -0.0279. The molecule has 0 atom stereocenters. The van der Waals surface area contributed by atoms with Crippen LogP contribution < -0.4 is 11.1 Å². The van der Waals surface area contributed by atoms with Gasteiger partial charge in [-0.05, 0) is 19.1 Å². The maximum atomic E-state index is 10.9. The van der Waals surface area contributed by atoms with Crippen molar-refractivity contribution >= 4 is 23.4 Å². The van der Waals surface area contributed by atoms with Gasteiger partial charge in [-0.3, -0.25) is 4.79 Å². The van der Waals surface area contributed by atoms with E-state index in [1.807, 2.05) is 36.8 Å². The van der Waals surface area contributed by atoms with Crippen molar-refractivity contribution in [2.45, 2.75) is 24.9 Å². The lowest BCUT2D eigenvalue weighted by molar-refractivity contribution is -0.115. The molecule has 1 heterocycles. The molecule has 0 bridgehead atoms. The number of benzene rings is 1. The summed E-state index contributed by atoms with van der Waals surface area (Å²) in [6.45, 7) is 3.68. The number of para-hydroxylation sites is 1. The summed E-state index contributed by atoms with van der Waals surface area (Å²) >= 11 is 1.44. The zero-order valence-electron chi connectivity index (χ0n) is 11.4. The zero-order valence-corrected chi connectivity index (χ0v) is 12.2. The van der Waals surface area contributed by atoms with Gasteiger partial charge in [0.05, 0.1) is 24.3 Å². The Balaban J connectivity index is 2.03. The maximum absolute atomic E-state index is 10.9. The summed E-state index contributed by atoms with van der Waals surface area (Å²) < 4.78 is 2.09. The Morgan fingerprint density at radius 2 is 2.25 bits per heavy atom. The van der Waals surface area contributed by atoms with Crippen LogP contribution in [0.2, 0.25) is 0 Å². The van der Waals surface area contributed by atoms with Gasteiger partial charge < -0.3 is 15.6 Å². The van der Waals surface area contributed by atoms with Gasteiger partial charge in [0.15, 0.2) is 0 Å². The van der Waals surface area contributed by atoms with Crippen LogP contribution in [0.15, 0.2) is 41.7 Å². The summed E-state index contributed by atoms with van der Waals surface area (Å²) in [6, 6.07) is 7.89. The molecule has 0 saturated heterocycles. The van der Waals surface area contributed by atoms with Gasteiger partial charge in [0.2, 0.25) is 5.91 Å². The number of thioether (sulfide) groups is 1. The number of aromatic nitrogens is 2. The number of carbonyl (C=O) groups is 1. The highest BCUT2D eigenvalue weighted by molar-refractivity contribution is 8.00. The van der Waals surface area contributed by atoms with Crippen molar-refractivity contribution in [2.75, 3.05) is 11.1 Å². The highest BCUT2D eigenvalue weighted by atomic mass is 32.2. The average Bonchev–Trinajstić information content (AvgIpc) is 2.91. The minimum absolute atomic E-state index is 0.283. The monoisotopic (exact) mass is 290 g/mol. The first-order valence-electron chi connectivity index (χ1n) is 6.43. The Hall–Kier alpha value is -1.95. The van der Waals surface area contributed by atoms with Gasteiger partial charge in [-0.15, -0.1) is 11.8 Å². The predicted molar refractivity (Wildman–Crippen MR) is 81.6 cm³/mol. The molecular formula is C14H18N4OS. The van der Waals surface area contributed by atoms with Crippen LogP contribution in [0.4, 0.5) is 5.69 Å². The lowest BCUT2D eigenvalue weighted by Gasteiger charge is -2.12. The quantitative estimate of drug-likeness (QED) is 0.766. The number of nitrogens with two attached hydrogens (primary N) is 1. The molecule has 0 radical (unpaired) electrons. The molecule has 1 amide bonds. The first-order valence-corrected chi connectivity index (χ1v) is 7.42. The van der Waals surface area contributed by atoms with Gasteiger partial charge in [0, 0.05) is 23.3 Å². The second kappa shape index (κ2) is 7.00. The van der Waals surface area contributed by atoms with E-state index in [-0.39, 0.29) is 11.7 Å². The summed E-state index contributed by atoms with van der Waals surface area (Å²) in [5.41, 5.74) is 7.32. The summed E-state index contributed by atoms with van der Waals surface area (Å²) in [7, 11) is 0. The van der Waals surface area contributed by atoms with Crippen LogP contribution in [0, 0.1) is 0 Å². The highest BCUT2D eigenvalue weighted by Gasteiger charge is 2.05. The van der Waals surface area contributed by atoms with Crippen LogP contribution in [-0.2, 0) is 17.9 Å². The van der Waals surface area contributed by atoms with E-state index in [9.17, 15) is 4.79 Å². The molecule has 6 heteroatoms. The number of nitrogens with zero attached hydrogens (tertiary/aromatic N) is 2. The smallest absolute Gasteiger partial charge is 0.227 e. The summed E-state index contributed by atoms with van der Waals surface area (Å²) in [5, 5.41) is 3.38. The normalized spacial score (nSPS) is 10.4. The van der Waals surface area contributed by atoms with E-state index in [1.54, 1.807) is 0 Å². The number of rotatable bonds is 7. The second-order valence-corrected chi connectivity index (χ2v) is 5.29. The van der Waals surface area contributed by atoms with Gasteiger partial charge in [0.25, 0.3) is 0 Å². The van der Waals surface area contributed by atoms with E-state index in [4.69, 9.17) is 5.73 Å². The van der Waals surface area contributed by atoms with Gasteiger partial charge in [-0.1, -0.05) is 12.1 Å². The summed E-state index contributed by atoms with van der Waals surface area (Å²) in [6.07, 6.45) is 3.68. The lowest BCUT2D eigenvalue weighted by atomic mass is 10.3. The molecule has 0 spiro atoms. The van der Waals surface area contributed by atoms with E-state index in [1.165, 1.54) is 11.8 Å². The molecule has 0 aliphatic carbocycles. The predicted octanol–water partition coefficient (Wildman–Crippen LogP) is 2.09. The van der Waals surface area contributed by atoms with Gasteiger partial charge >= 0.3 is 0 Å². The molecule has 3 N–H and O–H groups in total. The Bertz CT molecular complexity index is 582. The lowest BCUT2D eigenvalue weighted by Crippen LogP contribution is -2.13. The standard InChI is InChI=1S/C14H18N4OS/c1-2-18-10-16-7-11(18)8-17-12-5-3-4-6-13(12)20-9-14(15)19/h3-7,10,17H,2,8-9H2,1H3,(H2,15,19). The largest absolute Gasteiger partial charge is 0.379 e. The fourth-order valence-electron chi connectivity index (χ4n) is 1.85. The Kier molecular flexibility index (Phi) is 5.06. The third-order valence-electron chi connectivity index (χ3n) is 2.86. The van der Waals surface area contributed by atoms with Gasteiger partial charge in [0.1, 0.15) is 0 Å². The Labute approximate surface area is 122 Å². The first-order chi connectivity index (χ1) is 9.70. The molecule has 0 aliphatic heterocycles. The van der Waals surface area contributed by atoms with Crippen LogP contribution in [0.25, 0.3) is 0 Å². The molecule has 5 nitrogen and oxygen atoms in total. The van der Waals surface area contributed by atoms with E-state index in [2.05, 4.69) is 21.8 Å². The van der Waals surface area contributed by atoms with Crippen LogP contribution in [0.5, 0.6) is 0 Å². The van der Waals surface area contributed by atoms with Gasteiger partial charge in [-0.2, -0.15) is 0 Å². The number of hydrogen-bond acceptors (Lipinski definition) is 4. The van der Waals surface area contributed by atoms with Crippen molar-refractivity contribution in [3.63, 3.8) is 0 Å². The molecule has 1 aromatic heterocycles. The minimum Gasteiger partial charge on any atom is -0.379 e. The van der Waals surface area contributed by atoms with Crippen molar-refractivity contribution in [1.82, 2.24) is 9.55 Å². The van der Waals surface area contributed by atoms with E-state index in [0.29, 0.717) is 6.54 Å². The number of carbonyl (C=O) groups excluding carboxylic acids is 1. The third kappa shape index (κ3) is 3.77. The van der Waals surface area contributed by atoms with Crippen LogP contribution in [0.3, 0.4) is 0 Å². The molecule has 20 heavy (non-hydrogen) atoms. The fraction of sp³-hybridized carbons (Fsp3) is 0.286. The van der Waals surface area contributed by atoms with Crippen LogP contribution in [0.1, 0.15) is 12.6 Å². The van der Waals surface area contributed by atoms with Crippen molar-refractivity contribution in [3.8, 4) is 0 Å². The second-order valence-electron chi connectivity index (χ2n) is 4.28. The highest BCUT2D eigenvalue weighted by Crippen LogP contribution is 2.27. The van der Waals surface area contributed by atoms with E-state index >= 15 is 0 Å². The molecule has 2 aromatic rings. The number of hydrogen-bond donors (Lipinski definition) is 2. The van der Waals surface area contributed by atoms with E-state index < -0.39 is 0 Å². The molecule has 2 rings (SSSR count). The number of nitrogens with one attached hydrogen (secondary N) is 1. The molecular weight excluding hydrogens is 272 g/mol. The molecule has 106 valence electrons. The number of anilines is 1. The fourth-order valence-corrected chi connectivity index (χ4v) is 2.62. The third-order valence-corrected chi connectivity index (χ3v) is 3.95. The van der Waals surface area contributed by atoms with Crippen molar-refractivity contribution < 1.29 is 4.79 Å². The molecule has 1 aromatic carbocycles. The maximum Gasteiger partial charge on any atom is 0.227 e. The molecule has 0 unspecified atom stereocenters. The number of aryl methyl sites for hydroxylation is 1. The van der Waals surface area contributed by atoms with Crippen molar-refractivity contribution in [3.05, 3.63) is 42.5 Å². The van der Waals surface area contributed by atoms with E-state index in [0.717, 1.165) is 22.8 Å². The number of primary amides is 1. The molecule has 0 saturated carbocycles. The Morgan fingerprint density at radius 3 is 3.00 bits per heavy atom. The first kappa shape index (κ1) is 14.5. The van der Waals surface area contributed by atoms with Crippen LogP contribution >= 0.6 is 11.8 Å². The topological polar surface area (TPSA) is 72.9 Å². The number of amides is 1. The SMILES string of the molecule is CCn1cncc1CNc1ccccc1SCC(N)=O. The Morgan fingerprint density at radius 1 is 1.45 bits per heavy atom. The number of imidazole rings is 1. The molecule has 0 aliphatic rings. The molecule has 0 fully saturated rings. The minimum atomic E-state index is -0.311. The average molecular weight is 290 g/mol. The van der Waals surface area contributed by atoms with Crippen LogP contribution in [-0.4, -0.2) is 21.2 Å². The van der Waals surface area contributed by atoms with Crippen molar-refractivity contribution in [1.29, 1.82) is 0 Å². The summed E-state index contributed by atoms with van der Waals surface area (Å²) in [4.78, 5) is 16.0. The zero-order chi connectivity index (χ0) is 14.4. The van der Waals surface area contributed by atoms with Gasteiger partial charge in [-0.25, -0.2) is 4.98 Å².